The van der Waals surface area contributed by atoms with Crippen LogP contribution in [0.25, 0.3) is 0 Å². The Labute approximate surface area is 110 Å². The third kappa shape index (κ3) is 3.61. The number of nitrogens with one attached hydrogen (secondary N) is 2. The third-order valence-electron chi connectivity index (χ3n) is 4.11. The number of likely N-dealkylation sites (tertiary alicyclic amines) is 1. The second-order valence-electron chi connectivity index (χ2n) is 5.69. The summed E-state index contributed by atoms with van der Waals surface area (Å²) in [5.41, 5.74) is 0. The molecule has 4 nitrogen and oxygen atoms in total. The van der Waals surface area contributed by atoms with Gasteiger partial charge in [-0.25, -0.2) is 4.79 Å². The van der Waals surface area contributed by atoms with Crippen molar-refractivity contribution in [3.05, 3.63) is 0 Å². The van der Waals surface area contributed by atoms with E-state index in [-0.39, 0.29) is 6.03 Å². The summed E-state index contributed by atoms with van der Waals surface area (Å²) in [7, 11) is 0. The lowest BCUT2D eigenvalue weighted by Crippen LogP contribution is -2.53. The lowest BCUT2D eigenvalue weighted by Gasteiger charge is -2.38. The van der Waals surface area contributed by atoms with Crippen LogP contribution in [0.4, 0.5) is 4.79 Å². The van der Waals surface area contributed by atoms with Gasteiger partial charge in [0.2, 0.25) is 0 Å². The van der Waals surface area contributed by atoms with E-state index in [1.807, 2.05) is 4.90 Å². The first-order valence-corrected chi connectivity index (χ1v) is 7.53. The Bertz CT molecular complexity index is 278. The molecule has 104 valence electrons. The molecule has 0 radical (unpaired) electrons. The second kappa shape index (κ2) is 6.41. The smallest absolute Gasteiger partial charge is 0.317 e. The highest BCUT2D eigenvalue weighted by molar-refractivity contribution is 5.75. The van der Waals surface area contributed by atoms with E-state index in [1.165, 1.54) is 6.42 Å². The predicted octanol–water partition coefficient (Wildman–Crippen LogP) is 1.96. The Balaban J connectivity index is 1.80. The third-order valence-corrected chi connectivity index (χ3v) is 4.11. The van der Waals surface area contributed by atoms with Crippen LogP contribution in [0.15, 0.2) is 0 Å². The van der Waals surface area contributed by atoms with Crippen LogP contribution in [0.5, 0.6) is 0 Å². The van der Waals surface area contributed by atoms with Crippen LogP contribution in [0.1, 0.15) is 46.0 Å². The van der Waals surface area contributed by atoms with Crippen LogP contribution >= 0.6 is 0 Å². The second-order valence-corrected chi connectivity index (χ2v) is 5.69. The summed E-state index contributed by atoms with van der Waals surface area (Å²) in [6.45, 7) is 7.34. The Morgan fingerprint density at radius 3 is 2.67 bits per heavy atom. The van der Waals surface area contributed by atoms with Gasteiger partial charge in [-0.1, -0.05) is 20.3 Å². The van der Waals surface area contributed by atoms with E-state index < -0.39 is 0 Å². The van der Waals surface area contributed by atoms with Crippen molar-refractivity contribution in [1.29, 1.82) is 0 Å². The van der Waals surface area contributed by atoms with E-state index in [0.29, 0.717) is 18.0 Å². The summed E-state index contributed by atoms with van der Waals surface area (Å²) >= 11 is 0. The van der Waals surface area contributed by atoms with Crippen LogP contribution in [-0.4, -0.2) is 42.6 Å². The fraction of sp³-hybridized carbons (Fsp3) is 0.929. The maximum atomic E-state index is 12.0. The number of carbonyl (C=O) groups is 1. The Kier molecular flexibility index (Phi) is 4.87. The highest BCUT2D eigenvalue weighted by Gasteiger charge is 2.32. The molecule has 2 rings (SSSR count). The van der Waals surface area contributed by atoms with Crippen LogP contribution in [0, 0.1) is 5.92 Å². The topological polar surface area (TPSA) is 44.4 Å². The van der Waals surface area contributed by atoms with E-state index in [1.54, 1.807) is 0 Å². The zero-order valence-corrected chi connectivity index (χ0v) is 11.7. The number of hydrogen-bond donors (Lipinski definition) is 2. The molecular formula is C14H27N3O. The van der Waals surface area contributed by atoms with Gasteiger partial charge in [0.25, 0.3) is 0 Å². The van der Waals surface area contributed by atoms with Crippen molar-refractivity contribution >= 4 is 6.03 Å². The van der Waals surface area contributed by atoms with Gasteiger partial charge in [-0.05, 0) is 38.1 Å². The normalized spacial score (nSPS) is 28.2. The summed E-state index contributed by atoms with van der Waals surface area (Å²) in [5, 5.41) is 6.72. The summed E-state index contributed by atoms with van der Waals surface area (Å²) in [6, 6.07) is 1.22. The van der Waals surface area contributed by atoms with Crippen LogP contribution in [-0.2, 0) is 0 Å². The number of nitrogens with zero attached hydrogens (tertiary/aromatic N) is 1. The molecule has 0 spiro atoms. The first-order chi connectivity index (χ1) is 8.74. The van der Waals surface area contributed by atoms with Gasteiger partial charge >= 0.3 is 6.03 Å². The first-order valence-electron chi connectivity index (χ1n) is 7.53. The van der Waals surface area contributed by atoms with E-state index >= 15 is 0 Å². The van der Waals surface area contributed by atoms with Gasteiger partial charge in [0, 0.05) is 25.2 Å². The summed E-state index contributed by atoms with van der Waals surface area (Å²) in [4.78, 5) is 14.0. The molecular weight excluding hydrogens is 226 g/mol. The van der Waals surface area contributed by atoms with Gasteiger partial charge < -0.3 is 15.5 Å². The molecule has 1 heterocycles. The van der Waals surface area contributed by atoms with Gasteiger partial charge in [-0.3, -0.25) is 0 Å². The molecule has 2 atom stereocenters. The molecule has 2 amide bonds. The summed E-state index contributed by atoms with van der Waals surface area (Å²) in [5.74, 6) is 0.607. The minimum Gasteiger partial charge on any atom is -0.335 e. The lowest BCUT2D eigenvalue weighted by atomic mass is 9.90. The molecule has 1 aliphatic carbocycles. The molecule has 4 heteroatoms. The Morgan fingerprint density at radius 2 is 2.06 bits per heavy atom. The molecule has 18 heavy (non-hydrogen) atoms. The maximum absolute atomic E-state index is 12.0. The van der Waals surface area contributed by atoms with E-state index in [9.17, 15) is 4.79 Å². The monoisotopic (exact) mass is 253 g/mol. The average molecular weight is 253 g/mol. The zero-order valence-electron chi connectivity index (χ0n) is 11.7. The van der Waals surface area contributed by atoms with Crippen molar-refractivity contribution in [2.24, 2.45) is 5.92 Å². The van der Waals surface area contributed by atoms with Gasteiger partial charge in [-0.15, -0.1) is 0 Å². The molecule has 1 aliphatic heterocycles. The fourth-order valence-corrected chi connectivity index (χ4v) is 2.72. The maximum Gasteiger partial charge on any atom is 0.317 e. The summed E-state index contributed by atoms with van der Waals surface area (Å²) < 4.78 is 0. The quantitative estimate of drug-likeness (QED) is 0.786. The Hall–Kier alpha value is -0.770. The number of urea groups is 1. The molecule has 1 saturated heterocycles. The lowest BCUT2D eigenvalue weighted by molar-refractivity contribution is 0.141. The first kappa shape index (κ1) is 13.7. The van der Waals surface area contributed by atoms with Crippen LogP contribution in [0.3, 0.4) is 0 Å². The number of hydrogen-bond acceptors (Lipinski definition) is 2. The molecule has 0 bridgehead atoms. The summed E-state index contributed by atoms with van der Waals surface area (Å²) in [6.07, 6.45) is 5.75. The average Bonchev–Trinajstić information content (AvgIpc) is 3.19. The molecule has 2 unspecified atom stereocenters. The van der Waals surface area contributed by atoms with Gasteiger partial charge in [0.15, 0.2) is 0 Å². The molecule has 0 aromatic carbocycles. The van der Waals surface area contributed by atoms with Gasteiger partial charge in [0.05, 0.1) is 0 Å². The fourth-order valence-electron chi connectivity index (χ4n) is 2.72. The SMILES string of the molecule is CCCNC1CCN(C(=O)NC2CC2)CC1CC. The van der Waals surface area contributed by atoms with Gasteiger partial charge in [-0.2, -0.15) is 0 Å². The van der Waals surface area contributed by atoms with E-state index in [4.69, 9.17) is 0 Å². The van der Waals surface area contributed by atoms with Crippen molar-refractivity contribution < 1.29 is 4.79 Å². The minimum atomic E-state index is 0.157. The number of rotatable bonds is 5. The minimum absolute atomic E-state index is 0.157. The Morgan fingerprint density at radius 1 is 1.28 bits per heavy atom. The molecule has 0 aromatic heterocycles. The molecule has 1 saturated carbocycles. The highest BCUT2D eigenvalue weighted by atomic mass is 16.2. The van der Waals surface area contributed by atoms with E-state index in [2.05, 4.69) is 24.5 Å². The van der Waals surface area contributed by atoms with Crippen LogP contribution < -0.4 is 10.6 Å². The number of amides is 2. The highest BCUT2D eigenvalue weighted by Crippen LogP contribution is 2.22. The molecule has 2 fully saturated rings. The van der Waals surface area contributed by atoms with Crippen LogP contribution in [0.2, 0.25) is 0 Å². The predicted molar refractivity (Wildman–Crippen MR) is 73.6 cm³/mol. The van der Waals surface area contributed by atoms with Crippen molar-refractivity contribution in [2.75, 3.05) is 19.6 Å². The van der Waals surface area contributed by atoms with Crippen molar-refractivity contribution in [1.82, 2.24) is 15.5 Å². The van der Waals surface area contributed by atoms with E-state index in [0.717, 1.165) is 45.3 Å². The molecule has 2 N–H and O–H groups in total. The number of carbonyl (C=O) groups excluding carboxylic acids is 1. The van der Waals surface area contributed by atoms with Crippen molar-refractivity contribution in [3.63, 3.8) is 0 Å². The zero-order chi connectivity index (χ0) is 13.0. The largest absolute Gasteiger partial charge is 0.335 e. The standard InChI is InChI=1S/C14H27N3O/c1-3-8-15-13-7-9-17(10-11(13)4-2)14(18)16-12-5-6-12/h11-13,15H,3-10H2,1-2H3,(H,16,18). The molecule has 2 aliphatic rings. The number of piperidine rings is 1. The van der Waals surface area contributed by atoms with Crippen molar-refractivity contribution in [2.45, 2.75) is 58.0 Å². The van der Waals surface area contributed by atoms with Crippen molar-refractivity contribution in [3.8, 4) is 0 Å². The molecule has 0 aromatic rings. The van der Waals surface area contributed by atoms with Gasteiger partial charge in [0.1, 0.15) is 0 Å².